The monoisotopic (exact) mass is 286 g/mol. The Kier molecular flexibility index (Phi) is 6.16. The van der Waals surface area contributed by atoms with Gasteiger partial charge >= 0.3 is 0 Å². The van der Waals surface area contributed by atoms with E-state index in [1.807, 2.05) is 11.8 Å². The molecule has 0 saturated carbocycles. The van der Waals surface area contributed by atoms with E-state index in [4.69, 9.17) is 5.11 Å². The fraction of sp³-hybridized carbons (Fsp3) is 0.333. The first-order valence-electron chi connectivity index (χ1n) is 7.22. The summed E-state index contributed by atoms with van der Waals surface area (Å²) in [6.45, 7) is 2.44. The lowest BCUT2D eigenvalue weighted by Gasteiger charge is -2.05. The van der Waals surface area contributed by atoms with Crippen LogP contribution in [-0.2, 0) is 6.42 Å². The van der Waals surface area contributed by atoms with Crippen LogP contribution in [0.3, 0.4) is 0 Å². The van der Waals surface area contributed by atoms with E-state index < -0.39 is 0 Å². The number of hydrogen-bond acceptors (Lipinski definition) is 2. The van der Waals surface area contributed by atoms with Gasteiger partial charge in [0.2, 0.25) is 0 Å². The van der Waals surface area contributed by atoms with Gasteiger partial charge in [0.15, 0.2) is 0 Å². The number of aliphatic hydroxyl groups excluding tert-OH is 1. The molecule has 0 amide bonds. The van der Waals surface area contributed by atoms with Gasteiger partial charge in [-0.2, -0.15) is 0 Å². The molecule has 1 N–H and O–H groups in total. The van der Waals surface area contributed by atoms with Crippen molar-refractivity contribution in [1.82, 2.24) is 0 Å². The third kappa shape index (κ3) is 5.03. The predicted octanol–water partition coefficient (Wildman–Crippen LogP) is 4.85. The van der Waals surface area contributed by atoms with E-state index in [1.165, 1.54) is 20.9 Å². The van der Waals surface area contributed by atoms with E-state index in [2.05, 4.69) is 55.5 Å². The standard InChI is InChI=1S/C18H22OS/c1-15-6-5-8-18(14-15)20-17-11-9-16(10-12-17)7-3-2-4-13-19/h5-6,8-12,14,19H,2-4,7,13H2,1H3. The van der Waals surface area contributed by atoms with E-state index in [0.717, 1.165) is 25.7 Å². The molecule has 0 spiro atoms. The molecule has 1 nitrogen and oxygen atoms in total. The SMILES string of the molecule is Cc1cccc(Sc2ccc(CCCCCO)cc2)c1. The Hall–Kier alpha value is -1.25. The summed E-state index contributed by atoms with van der Waals surface area (Å²) in [6, 6.07) is 17.4. The molecule has 0 radical (unpaired) electrons. The van der Waals surface area contributed by atoms with Gasteiger partial charge in [-0.05, 0) is 56.0 Å². The molecule has 0 unspecified atom stereocenters. The molecule has 20 heavy (non-hydrogen) atoms. The van der Waals surface area contributed by atoms with Crippen molar-refractivity contribution in [1.29, 1.82) is 0 Å². The van der Waals surface area contributed by atoms with Crippen LogP contribution in [0, 0.1) is 6.92 Å². The molecule has 0 atom stereocenters. The Bertz CT molecular complexity index is 519. The maximum absolute atomic E-state index is 8.76. The molecule has 0 aliphatic carbocycles. The highest BCUT2D eigenvalue weighted by molar-refractivity contribution is 7.99. The minimum absolute atomic E-state index is 0.312. The van der Waals surface area contributed by atoms with Gasteiger partial charge < -0.3 is 5.11 Å². The summed E-state index contributed by atoms with van der Waals surface area (Å²) in [5.41, 5.74) is 2.69. The van der Waals surface area contributed by atoms with Crippen molar-refractivity contribution < 1.29 is 5.11 Å². The summed E-state index contributed by atoms with van der Waals surface area (Å²) >= 11 is 1.81. The lowest BCUT2D eigenvalue weighted by atomic mass is 10.1. The molecule has 106 valence electrons. The van der Waals surface area contributed by atoms with E-state index >= 15 is 0 Å². The summed E-state index contributed by atoms with van der Waals surface area (Å²) in [6.07, 6.45) is 4.29. The molecule has 0 bridgehead atoms. The Labute approximate surface area is 126 Å². The van der Waals surface area contributed by atoms with Crippen LogP contribution in [-0.4, -0.2) is 11.7 Å². The van der Waals surface area contributed by atoms with E-state index in [9.17, 15) is 0 Å². The van der Waals surface area contributed by atoms with Crippen LogP contribution in [0.25, 0.3) is 0 Å². The molecule has 2 rings (SSSR count). The predicted molar refractivity (Wildman–Crippen MR) is 86.4 cm³/mol. The summed E-state index contributed by atoms with van der Waals surface area (Å²) in [4.78, 5) is 2.58. The van der Waals surface area contributed by atoms with Crippen molar-refractivity contribution in [2.75, 3.05) is 6.61 Å². The van der Waals surface area contributed by atoms with Crippen molar-refractivity contribution in [3.63, 3.8) is 0 Å². The lowest BCUT2D eigenvalue weighted by molar-refractivity contribution is 0.283. The fourth-order valence-corrected chi connectivity index (χ4v) is 3.09. The largest absolute Gasteiger partial charge is 0.396 e. The van der Waals surface area contributed by atoms with Crippen LogP contribution in [0.15, 0.2) is 58.3 Å². The van der Waals surface area contributed by atoms with Gasteiger partial charge in [0.1, 0.15) is 0 Å². The normalized spacial score (nSPS) is 10.7. The zero-order valence-electron chi connectivity index (χ0n) is 12.0. The maximum Gasteiger partial charge on any atom is 0.0431 e. The molecule has 2 heteroatoms. The minimum Gasteiger partial charge on any atom is -0.396 e. The number of benzene rings is 2. The highest BCUT2D eigenvalue weighted by atomic mass is 32.2. The smallest absolute Gasteiger partial charge is 0.0431 e. The third-order valence-corrected chi connectivity index (χ3v) is 4.27. The fourth-order valence-electron chi connectivity index (χ4n) is 2.16. The number of aryl methyl sites for hydroxylation is 2. The van der Waals surface area contributed by atoms with E-state index in [0.29, 0.717) is 6.61 Å². The van der Waals surface area contributed by atoms with Gasteiger partial charge in [-0.25, -0.2) is 0 Å². The lowest BCUT2D eigenvalue weighted by Crippen LogP contribution is -1.88. The average molecular weight is 286 g/mol. The zero-order chi connectivity index (χ0) is 14.2. The summed E-state index contributed by atoms with van der Waals surface area (Å²) < 4.78 is 0. The van der Waals surface area contributed by atoms with Crippen LogP contribution >= 0.6 is 11.8 Å². The number of hydrogen-bond donors (Lipinski definition) is 1. The first-order valence-corrected chi connectivity index (χ1v) is 8.04. The maximum atomic E-state index is 8.76. The molecular formula is C18H22OS. The van der Waals surface area contributed by atoms with Crippen LogP contribution in [0.4, 0.5) is 0 Å². The molecule has 0 saturated heterocycles. The van der Waals surface area contributed by atoms with Gasteiger partial charge in [0.05, 0.1) is 0 Å². The second kappa shape index (κ2) is 8.13. The van der Waals surface area contributed by atoms with Crippen LogP contribution in [0.2, 0.25) is 0 Å². The molecule has 0 aliphatic heterocycles. The Morgan fingerprint density at radius 3 is 2.40 bits per heavy atom. The summed E-state index contributed by atoms with van der Waals surface area (Å²) in [7, 11) is 0. The summed E-state index contributed by atoms with van der Waals surface area (Å²) in [5, 5.41) is 8.76. The topological polar surface area (TPSA) is 20.2 Å². The first kappa shape index (κ1) is 15.1. The van der Waals surface area contributed by atoms with Gasteiger partial charge in [0.25, 0.3) is 0 Å². The minimum atomic E-state index is 0.312. The van der Waals surface area contributed by atoms with Crippen molar-refractivity contribution in [3.8, 4) is 0 Å². The van der Waals surface area contributed by atoms with Crippen molar-refractivity contribution in [2.24, 2.45) is 0 Å². The average Bonchev–Trinajstić information content (AvgIpc) is 2.45. The zero-order valence-corrected chi connectivity index (χ0v) is 12.8. The Balaban J connectivity index is 1.88. The second-order valence-electron chi connectivity index (χ2n) is 5.10. The molecule has 0 aliphatic rings. The van der Waals surface area contributed by atoms with Gasteiger partial charge in [0, 0.05) is 16.4 Å². The van der Waals surface area contributed by atoms with Crippen LogP contribution < -0.4 is 0 Å². The highest BCUT2D eigenvalue weighted by Crippen LogP contribution is 2.28. The molecular weight excluding hydrogens is 264 g/mol. The Morgan fingerprint density at radius 2 is 1.70 bits per heavy atom. The summed E-state index contributed by atoms with van der Waals surface area (Å²) in [5.74, 6) is 0. The third-order valence-electron chi connectivity index (χ3n) is 3.27. The van der Waals surface area contributed by atoms with Crippen LogP contribution in [0.5, 0.6) is 0 Å². The molecule has 0 aromatic heterocycles. The van der Waals surface area contributed by atoms with Crippen molar-refractivity contribution in [2.45, 2.75) is 42.4 Å². The number of aliphatic hydroxyl groups is 1. The van der Waals surface area contributed by atoms with Crippen LogP contribution in [0.1, 0.15) is 30.4 Å². The van der Waals surface area contributed by atoms with E-state index in [-0.39, 0.29) is 0 Å². The van der Waals surface area contributed by atoms with Crippen molar-refractivity contribution >= 4 is 11.8 Å². The molecule has 0 fully saturated rings. The van der Waals surface area contributed by atoms with Gasteiger partial charge in [-0.1, -0.05) is 48.0 Å². The van der Waals surface area contributed by atoms with Gasteiger partial charge in [-0.15, -0.1) is 0 Å². The molecule has 0 heterocycles. The second-order valence-corrected chi connectivity index (χ2v) is 6.24. The Morgan fingerprint density at radius 1 is 0.900 bits per heavy atom. The van der Waals surface area contributed by atoms with Crippen molar-refractivity contribution in [3.05, 3.63) is 59.7 Å². The molecule has 2 aromatic rings. The van der Waals surface area contributed by atoms with E-state index in [1.54, 1.807) is 0 Å². The first-order chi connectivity index (χ1) is 9.78. The number of rotatable bonds is 7. The van der Waals surface area contributed by atoms with Gasteiger partial charge in [-0.3, -0.25) is 0 Å². The number of unbranched alkanes of at least 4 members (excludes halogenated alkanes) is 2. The highest BCUT2D eigenvalue weighted by Gasteiger charge is 1.99. The quantitative estimate of drug-likeness (QED) is 0.734. The molecule has 2 aromatic carbocycles.